The zero-order valence-corrected chi connectivity index (χ0v) is 21.5. The molecule has 0 saturated carbocycles. The first-order chi connectivity index (χ1) is 16.7. The predicted molar refractivity (Wildman–Crippen MR) is 132 cm³/mol. The number of nitrogens with two attached hydrogens (primary N) is 1. The van der Waals surface area contributed by atoms with Crippen LogP contribution in [0.1, 0.15) is 58.3 Å². The minimum Gasteiger partial charge on any atom is -0.479 e. The normalized spacial score (nSPS) is 13.1. The Morgan fingerprint density at radius 3 is 2.31 bits per heavy atom. The van der Waals surface area contributed by atoms with Gasteiger partial charge in [0.05, 0.1) is 24.6 Å². The number of hydrogen-bond donors (Lipinski definition) is 4. The van der Waals surface area contributed by atoms with Crippen molar-refractivity contribution in [2.24, 2.45) is 11.7 Å². The average molecular weight is 509 g/mol. The maximum Gasteiger partial charge on any atom is 0.407 e. The molecule has 0 fully saturated rings. The van der Waals surface area contributed by atoms with Crippen molar-refractivity contribution in [3.05, 3.63) is 35.5 Å². The van der Waals surface area contributed by atoms with Crippen LogP contribution in [0.2, 0.25) is 0 Å². The van der Waals surface area contributed by atoms with E-state index in [-0.39, 0.29) is 34.7 Å². The molecule has 0 aromatic carbocycles. The Balaban J connectivity index is 2.36. The number of primary amides is 1. The van der Waals surface area contributed by atoms with Crippen molar-refractivity contribution in [3.8, 4) is 5.88 Å². The van der Waals surface area contributed by atoms with Crippen LogP contribution >= 0.6 is 0 Å². The molecule has 2 rings (SSSR count). The van der Waals surface area contributed by atoms with E-state index in [1.807, 2.05) is 13.8 Å². The van der Waals surface area contributed by atoms with Crippen molar-refractivity contribution in [3.63, 3.8) is 0 Å². The number of nitrogens with zero attached hydrogens (tertiary/aromatic N) is 2. The number of alkyl carbamates (subject to hydrolysis) is 1. The largest absolute Gasteiger partial charge is 0.479 e. The van der Waals surface area contributed by atoms with Crippen LogP contribution in [0.25, 0.3) is 0 Å². The first-order valence-corrected chi connectivity index (χ1v) is 11.4. The molecule has 5 N–H and O–H groups in total. The van der Waals surface area contributed by atoms with E-state index in [0.29, 0.717) is 6.42 Å². The highest BCUT2D eigenvalue weighted by molar-refractivity contribution is 5.98. The monoisotopic (exact) mass is 508 g/mol. The summed E-state index contributed by atoms with van der Waals surface area (Å²) in [5, 5.41) is 8.52. The number of anilines is 3. The van der Waals surface area contributed by atoms with Gasteiger partial charge in [-0.3, -0.25) is 4.79 Å². The Morgan fingerprint density at radius 2 is 1.78 bits per heavy atom. The molecule has 2 heterocycles. The third-order valence-corrected chi connectivity index (χ3v) is 4.90. The second-order valence-corrected chi connectivity index (χ2v) is 9.73. The molecule has 2 atom stereocenters. The van der Waals surface area contributed by atoms with E-state index in [2.05, 4.69) is 25.9 Å². The molecular formula is C24H34F2N6O4. The number of carbonyl (C=O) groups is 2. The van der Waals surface area contributed by atoms with Crippen molar-refractivity contribution < 1.29 is 27.8 Å². The van der Waals surface area contributed by atoms with Crippen LogP contribution in [0.15, 0.2) is 18.3 Å². The number of hydrogen-bond acceptors (Lipinski definition) is 8. The lowest BCUT2D eigenvalue weighted by Gasteiger charge is -2.29. The fourth-order valence-electron chi connectivity index (χ4n) is 3.32. The van der Waals surface area contributed by atoms with Crippen molar-refractivity contribution in [2.75, 3.05) is 17.7 Å². The topological polar surface area (TPSA) is 140 Å². The number of carbonyl (C=O) groups excluding carboxylic acids is 2. The average Bonchev–Trinajstić information content (AvgIpc) is 2.73. The molecule has 2 aromatic heterocycles. The summed E-state index contributed by atoms with van der Waals surface area (Å²) in [7, 11) is 1.27. The van der Waals surface area contributed by atoms with Crippen molar-refractivity contribution in [2.45, 2.75) is 65.6 Å². The Labute approximate surface area is 209 Å². The van der Waals surface area contributed by atoms with Crippen molar-refractivity contribution >= 4 is 29.3 Å². The summed E-state index contributed by atoms with van der Waals surface area (Å²) < 4.78 is 39.2. The maximum absolute atomic E-state index is 15.0. The molecule has 10 nitrogen and oxygen atoms in total. The summed E-state index contributed by atoms with van der Waals surface area (Å²) in [6, 6.07) is 1.09. The fourth-order valence-corrected chi connectivity index (χ4v) is 3.32. The molecule has 0 bridgehead atoms. The van der Waals surface area contributed by atoms with E-state index in [9.17, 15) is 18.4 Å². The van der Waals surface area contributed by atoms with Gasteiger partial charge in [-0.25, -0.2) is 23.5 Å². The van der Waals surface area contributed by atoms with Gasteiger partial charge in [0.15, 0.2) is 17.5 Å². The molecule has 0 aliphatic rings. The lowest BCUT2D eigenvalue weighted by molar-refractivity contribution is 0.0501. The molecule has 2 aromatic rings. The van der Waals surface area contributed by atoms with E-state index in [0.717, 1.165) is 12.1 Å². The van der Waals surface area contributed by atoms with Gasteiger partial charge < -0.3 is 31.2 Å². The van der Waals surface area contributed by atoms with Crippen LogP contribution in [0.5, 0.6) is 5.88 Å². The number of aromatic nitrogens is 2. The van der Waals surface area contributed by atoms with E-state index >= 15 is 0 Å². The van der Waals surface area contributed by atoms with Crippen LogP contribution in [0.3, 0.4) is 0 Å². The number of methoxy groups -OCH3 is 1. The van der Waals surface area contributed by atoms with Gasteiger partial charge in [-0.05, 0) is 46.1 Å². The highest BCUT2D eigenvalue weighted by atomic mass is 19.1. The molecule has 0 spiro atoms. The standard InChI is InChI=1S/C24H34F2N6O4/c1-12(2)8-18(13(3)29-23(34)36-24(4,5)6)31-21-16(25)10-15(19(27)33)20(32-21)30-14-9-17(26)22(35-7)28-11-14/h9-13,18H,8H2,1-7H3,(H2,27,33)(H,29,34)(H2,30,31,32)/t13-,18+/m0/s1. The molecule has 198 valence electrons. The molecule has 0 unspecified atom stereocenters. The highest BCUT2D eigenvalue weighted by Gasteiger charge is 2.26. The lowest BCUT2D eigenvalue weighted by atomic mass is 9.98. The highest BCUT2D eigenvalue weighted by Crippen LogP contribution is 2.26. The van der Waals surface area contributed by atoms with E-state index in [4.69, 9.17) is 15.2 Å². The molecule has 36 heavy (non-hydrogen) atoms. The first kappa shape index (κ1) is 28.5. The zero-order valence-electron chi connectivity index (χ0n) is 21.5. The number of ether oxygens (including phenoxy) is 2. The summed E-state index contributed by atoms with van der Waals surface area (Å²) in [6.07, 6.45) is 1.20. The third kappa shape index (κ3) is 8.21. The molecule has 0 aliphatic carbocycles. The zero-order chi connectivity index (χ0) is 27.2. The first-order valence-electron chi connectivity index (χ1n) is 11.4. The van der Waals surface area contributed by atoms with E-state index in [1.165, 1.54) is 13.3 Å². The van der Waals surface area contributed by atoms with Gasteiger partial charge in [-0.1, -0.05) is 13.8 Å². The number of amides is 2. The Bertz CT molecular complexity index is 1090. The maximum atomic E-state index is 15.0. The summed E-state index contributed by atoms with van der Waals surface area (Å²) in [5.41, 5.74) is 4.62. The van der Waals surface area contributed by atoms with Crippen LogP contribution in [0, 0.1) is 17.6 Å². The summed E-state index contributed by atoms with van der Waals surface area (Å²) >= 11 is 0. The van der Waals surface area contributed by atoms with Gasteiger partial charge in [0, 0.05) is 18.2 Å². The lowest BCUT2D eigenvalue weighted by Crippen LogP contribution is -2.47. The molecule has 0 aliphatic heterocycles. The Kier molecular flexibility index (Phi) is 9.37. The predicted octanol–water partition coefficient (Wildman–Crippen LogP) is 4.35. The third-order valence-electron chi connectivity index (χ3n) is 4.90. The SMILES string of the molecule is COc1ncc(Nc2nc(N[C@H](CC(C)C)[C@H](C)NC(=O)OC(C)(C)C)c(F)cc2C(N)=O)cc1F. The van der Waals surface area contributed by atoms with Crippen LogP contribution in [-0.4, -0.2) is 46.8 Å². The van der Waals surface area contributed by atoms with Gasteiger partial charge in [0.2, 0.25) is 5.88 Å². The molecule has 0 saturated heterocycles. The van der Waals surface area contributed by atoms with Crippen LogP contribution in [-0.2, 0) is 4.74 Å². The summed E-state index contributed by atoms with van der Waals surface area (Å²) in [6.45, 7) is 11.0. The van der Waals surface area contributed by atoms with Crippen LogP contribution in [0.4, 0.5) is 30.9 Å². The minimum absolute atomic E-state index is 0.103. The fraction of sp³-hybridized carbons (Fsp3) is 0.500. The smallest absolute Gasteiger partial charge is 0.407 e. The second kappa shape index (κ2) is 11.8. The Morgan fingerprint density at radius 1 is 1.11 bits per heavy atom. The van der Waals surface area contributed by atoms with Gasteiger partial charge in [0.1, 0.15) is 11.4 Å². The van der Waals surface area contributed by atoms with Gasteiger partial charge >= 0.3 is 6.09 Å². The quantitative estimate of drug-likeness (QED) is 0.371. The van der Waals surface area contributed by atoms with Crippen molar-refractivity contribution in [1.29, 1.82) is 0 Å². The number of rotatable bonds is 10. The summed E-state index contributed by atoms with van der Waals surface area (Å²) in [5.74, 6) is -2.83. The molecule has 12 heteroatoms. The van der Waals surface area contributed by atoms with Gasteiger partial charge in [-0.15, -0.1) is 0 Å². The van der Waals surface area contributed by atoms with E-state index in [1.54, 1.807) is 27.7 Å². The van der Waals surface area contributed by atoms with Crippen molar-refractivity contribution in [1.82, 2.24) is 15.3 Å². The van der Waals surface area contributed by atoms with Crippen LogP contribution < -0.4 is 26.4 Å². The molecule has 2 amide bonds. The minimum atomic E-state index is -0.934. The molecular weight excluding hydrogens is 474 g/mol. The second-order valence-electron chi connectivity index (χ2n) is 9.73. The van der Waals surface area contributed by atoms with Gasteiger partial charge in [-0.2, -0.15) is 0 Å². The number of halogens is 2. The summed E-state index contributed by atoms with van der Waals surface area (Å²) in [4.78, 5) is 32.2. The van der Waals surface area contributed by atoms with E-state index < -0.39 is 41.3 Å². The molecule has 0 radical (unpaired) electrons. The van der Waals surface area contributed by atoms with Gasteiger partial charge in [0.25, 0.3) is 5.91 Å². The number of nitrogens with one attached hydrogen (secondary N) is 3. The Hall–Kier alpha value is -3.70. The number of pyridine rings is 2.